The van der Waals surface area contributed by atoms with Crippen LogP contribution in [0, 0.1) is 5.41 Å². The van der Waals surface area contributed by atoms with Crippen LogP contribution in [0.1, 0.15) is 130 Å². The molecular weight excluding hydrogens is 1840 g/mol. The highest BCUT2D eigenvalue weighted by molar-refractivity contribution is 6.71. The molecule has 141 heavy (non-hydrogen) atoms. The number of carbonyl (C=O) groups is 6. The molecule has 0 unspecified atom stereocenters. The molecule has 0 atom stereocenters. The van der Waals surface area contributed by atoms with Gasteiger partial charge < -0.3 is 63.9 Å². The van der Waals surface area contributed by atoms with E-state index >= 15 is 0 Å². The van der Waals surface area contributed by atoms with Crippen LogP contribution in [0.25, 0.3) is 101 Å². The largest absolute Gasteiger partial charge is 0.679 e. The predicted octanol–water partition coefficient (Wildman–Crippen LogP) is 24.6. The lowest BCUT2D eigenvalue weighted by Gasteiger charge is -2.32. The van der Waals surface area contributed by atoms with Gasteiger partial charge in [0.2, 0.25) is 0 Å². The van der Waals surface area contributed by atoms with Gasteiger partial charge in [-0.25, -0.2) is 0 Å². The first-order valence-corrected chi connectivity index (χ1v) is 58.2. The number of Topliss-reactive ketones (excluding diaryl/α,β-unsaturated/α-hetero) is 6. The molecule has 0 aliphatic heterocycles. The molecule has 0 bridgehead atoms. The van der Waals surface area contributed by atoms with E-state index in [0.717, 1.165) is 144 Å². The summed E-state index contributed by atoms with van der Waals surface area (Å²) >= 11 is 0. The maximum atomic E-state index is 13.0. The lowest BCUT2D eigenvalue weighted by molar-refractivity contribution is -0.0594. The normalized spacial score (nSPS) is 13.9. The Labute approximate surface area is 831 Å². The van der Waals surface area contributed by atoms with Crippen molar-refractivity contribution in [3.8, 4) is 0 Å². The van der Waals surface area contributed by atoms with Crippen LogP contribution in [-0.2, 0) is 59.1 Å². The van der Waals surface area contributed by atoms with Gasteiger partial charge in [0.05, 0.1) is 92.5 Å². The summed E-state index contributed by atoms with van der Waals surface area (Å²) in [4.78, 5) is 86.2. The Kier molecular flexibility index (Phi) is 37.3. The zero-order chi connectivity index (χ0) is 100. The van der Waals surface area contributed by atoms with Crippen molar-refractivity contribution in [1.29, 1.82) is 0 Å². The Balaban J connectivity index is 0.000000143. The van der Waals surface area contributed by atoms with E-state index in [4.69, 9.17) is 59.1 Å². The van der Waals surface area contributed by atoms with E-state index in [9.17, 15) is 33.6 Å². The highest BCUT2D eigenvalue weighted by Crippen LogP contribution is 2.40. The molecule has 18 rings (SSSR count). The summed E-state index contributed by atoms with van der Waals surface area (Å²) in [5, 5.41) is 12.7. The van der Waals surface area contributed by atoms with Crippen molar-refractivity contribution in [2.24, 2.45) is 5.41 Å². The number of ketones is 6. The molecule has 0 aromatic heterocycles. The van der Waals surface area contributed by atoms with Crippen molar-refractivity contribution in [3.63, 3.8) is 0 Å². The third kappa shape index (κ3) is 26.5. The molecule has 0 spiro atoms. The van der Waals surface area contributed by atoms with Crippen molar-refractivity contribution >= 4 is 170 Å². The van der Waals surface area contributed by atoms with Crippen molar-refractivity contribution in [1.82, 2.24) is 0 Å². The van der Waals surface area contributed by atoms with Gasteiger partial charge in [0.1, 0.15) is 0 Å². The van der Waals surface area contributed by atoms with Crippen molar-refractivity contribution in [3.05, 3.63) is 369 Å². The molecule has 1 N–H and O–H groups in total. The number of benzene rings is 12. The zero-order valence-electron chi connectivity index (χ0n) is 82.5. The van der Waals surface area contributed by atoms with Gasteiger partial charge in [-0.2, -0.15) is 0 Å². The molecule has 0 amide bonds. The second kappa shape index (κ2) is 49.6. The number of hydrogen-bond acceptors (Lipinski definition) is 20. The molecule has 0 saturated carbocycles. The molecule has 24 heteroatoms. The van der Waals surface area contributed by atoms with Gasteiger partial charge in [0.25, 0.3) is 0 Å². The third-order valence-electron chi connectivity index (χ3n) is 24.7. The second-order valence-electron chi connectivity index (χ2n) is 36.1. The van der Waals surface area contributed by atoms with Gasteiger partial charge in [-0.05, 0) is 175 Å². The van der Waals surface area contributed by atoms with E-state index in [0.29, 0.717) is 126 Å². The second-order valence-corrected chi connectivity index (χ2v) is 49.2. The number of carbonyl (C=O) groups excluding carboxylic acids is 6. The molecule has 0 radical (unpaired) electrons. The van der Waals surface area contributed by atoms with E-state index in [-0.39, 0.29) is 59.9 Å². The fourth-order valence-electron chi connectivity index (χ4n) is 17.5. The lowest BCUT2D eigenvalue weighted by Crippen LogP contribution is -2.50. The Bertz CT molecular complexity index is 6820. The van der Waals surface area contributed by atoms with Gasteiger partial charge in [-0.1, -0.05) is 250 Å². The average Bonchev–Trinajstić information content (AvgIpc) is 0.782. The van der Waals surface area contributed by atoms with Crippen LogP contribution in [-0.4, -0.2) is 193 Å². The van der Waals surface area contributed by atoms with Gasteiger partial charge in [-0.15, -0.1) is 26.3 Å². The lowest BCUT2D eigenvalue weighted by atomic mass is 9.87. The average molecular weight is 1960 g/mol. The van der Waals surface area contributed by atoms with Crippen LogP contribution >= 0.6 is 0 Å². The van der Waals surface area contributed by atoms with Crippen LogP contribution in [0.4, 0.5) is 0 Å². The Morgan fingerprint density at radius 3 is 0.830 bits per heavy atom. The molecule has 20 nitrogen and oxygen atoms in total. The predicted molar refractivity (Wildman–Crippen MR) is 576 cm³/mol. The van der Waals surface area contributed by atoms with Gasteiger partial charge in [-0.3, -0.25) is 28.8 Å². The van der Waals surface area contributed by atoms with Crippen LogP contribution in [0.5, 0.6) is 0 Å². The number of allylic oxidation sites excluding steroid dienone is 1. The molecule has 12 aromatic carbocycles. The Hall–Kier alpha value is -12.1. The highest BCUT2D eigenvalue weighted by atomic mass is 28.4. The van der Waals surface area contributed by atoms with E-state index in [1.165, 1.54) is 0 Å². The maximum Gasteiger partial charge on any atom is 0.679 e. The van der Waals surface area contributed by atoms with Crippen molar-refractivity contribution in [2.45, 2.75) is 79.4 Å². The third-order valence-corrected chi connectivity index (χ3v) is 32.0. The molecular formula is C117H126O20Si4. The highest BCUT2D eigenvalue weighted by Gasteiger charge is 2.46. The summed E-state index contributed by atoms with van der Waals surface area (Å²) in [5.41, 5.74) is 14.6. The number of ether oxygens (including phenoxy) is 5. The van der Waals surface area contributed by atoms with Crippen molar-refractivity contribution < 1.29 is 92.7 Å². The smallest absolute Gasteiger partial charge is 0.413 e. The minimum Gasteiger partial charge on any atom is -0.413 e. The standard InChI is InChI=1S/C26H30O4.C20H24O5Si.C19H18O3.C19H20O2Si.C17H18O3Si.C16H16O3Si/c1-4-13-28-17-26(6-3,18-29-14-5-2)19-30-16-22-15-21-11-7-9-20-10-8-12-23(24(20)21)25(22)27;1-4-22-26(23-5-2,24-6-3)25-14-17-13-16-11-7-9-15-10-8-12-18(19(15)16)20(17)21;1-2-9-21-10-11-22-13-16-12-15-7-3-5-14-6-4-8-17(18(14)15)19(16)20;1-4-11-22(2,3)21-13-16-12-15-9-5-7-14-8-6-10-17(18(14)15)19(16)20;1-19-21(2,3)20-11-14-10-13-8-4-6-12-7-5-9-15(16(12)13)17(14)18;1-20(2,18)19-10-13-9-12-7-3-5-11-6-4-8-14(15(11)12)16(13)17/h4-5,7-12,15H,1-2,6,13-14,16-19H2,3H3;7-13H,4-6,14H2,1-3H3;2-8,12H,1,9-11,13H2;4-10,12H,1,11,13H2,2-3H3;4-10H,11H2,1-3H3;3-9,18H,10H2,1-2H3. The van der Waals surface area contributed by atoms with Crippen LogP contribution in [0.15, 0.2) is 302 Å². The SMILES string of the molecule is C=CCOCC(CC)(COCC=C)COCC1=Cc2cccc3cccc(c23)C1=O.C=CCOCCOCC1=Cc2cccc3cccc(c23)C1=O.C=CC[Si](C)(C)OCC1=Cc2cccc3cccc(c23)C1=O.CCO[Si](OCC)(OCC)OCC1=Cc2cccc3cccc(c23)C1=O.CO[Si](C)(C)OCC1=Cc2cccc3cccc(c23)C1=O.C[Si](C)(O)OCC1=Cc2cccc3cccc(c23)C1=O. The van der Waals surface area contributed by atoms with Crippen LogP contribution < -0.4 is 0 Å². The quantitative estimate of drug-likeness (QED) is 0.0213. The first-order valence-electron chi connectivity index (χ1n) is 47.8. The van der Waals surface area contributed by atoms with Gasteiger partial charge >= 0.3 is 26.2 Å². The van der Waals surface area contributed by atoms with Crippen molar-refractivity contribution in [2.75, 3.05) is 119 Å². The number of rotatable bonds is 41. The summed E-state index contributed by atoms with van der Waals surface area (Å²) in [6.07, 6.45) is 19.5. The monoisotopic (exact) mass is 1960 g/mol. The maximum absolute atomic E-state index is 13.0. The molecule has 0 fully saturated rings. The molecule has 6 aliphatic carbocycles. The fraction of sp³-hybridized carbons (Fsp3) is 0.265. The molecule has 0 saturated heterocycles. The summed E-state index contributed by atoms with van der Waals surface area (Å²) in [6.45, 7) is 40.7. The molecule has 730 valence electrons. The Morgan fingerprint density at radius 2 is 0.553 bits per heavy atom. The minimum absolute atomic E-state index is 0.00690. The topological polar surface area (TPSA) is 243 Å². The summed E-state index contributed by atoms with van der Waals surface area (Å²) in [6, 6.07) is 72.3. The van der Waals surface area contributed by atoms with E-state index in [1.54, 1.807) is 38.4 Å². The summed E-state index contributed by atoms with van der Waals surface area (Å²) in [5.74, 6) is 0.200. The first-order chi connectivity index (χ1) is 68.1. The minimum atomic E-state index is -3.26. The van der Waals surface area contributed by atoms with Gasteiger partial charge in [0, 0.05) is 131 Å². The summed E-state index contributed by atoms with van der Waals surface area (Å²) < 4.78 is 74.1. The zero-order valence-corrected chi connectivity index (χ0v) is 86.5. The molecule has 6 aliphatic rings. The van der Waals surface area contributed by atoms with E-state index in [2.05, 4.69) is 52.4 Å². The molecule has 12 aromatic rings. The van der Waals surface area contributed by atoms with E-state index < -0.39 is 34.5 Å². The van der Waals surface area contributed by atoms with Gasteiger partial charge in [0.15, 0.2) is 43.0 Å². The fourth-order valence-corrected chi connectivity index (χ4v) is 21.8. The van der Waals surface area contributed by atoms with Crippen LogP contribution in [0.3, 0.4) is 0 Å². The number of hydrogen-bond donors (Lipinski definition) is 1. The summed E-state index contributed by atoms with van der Waals surface area (Å²) in [7, 11) is -8.14. The first kappa shape index (κ1) is 106. The van der Waals surface area contributed by atoms with Crippen LogP contribution in [0.2, 0.25) is 45.3 Å². The van der Waals surface area contributed by atoms with E-state index in [1.807, 2.05) is 289 Å². The Morgan fingerprint density at radius 1 is 0.298 bits per heavy atom. The molecule has 0 heterocycles.